The molecular formula is C21H20ClZr-3. The normalized spacial score (nSPS) is 11.9. The van der Waals surface area contributed by atoms with E-state index in [1.54, 1.807) is 24.2 Å². The second-order valence-corrected chi connectivity index (χ2v) is 7.86. The standard InChI is InChI=1S/C13H9.C5H5.C3H6.ClH.Zr/c1-3-7-12-10(5-1)9-11-6-2-4-8-13(11)12;1-2-4-5-3-1;1-3-2;;/h1-5,7-8H,9H2;1-3H,4H2;1-2H3;1H;/q2*-1;;;/p-1. The number of allylic oxidation sites excluding steroid dienone is 4. The molecule has 118 valence electrons. The number of rotatable bonds is 0. The van der Waals surface area contributed by atoms with Crippen LogP contribution in [0.4, 0.5) is 0 Å². The Bertz CT molecular complexity index is 641. The Labute approximate surface area is 161 Å². The summed E-state index contributed by atoms with van der Waals surface area (Å²) >= 11 is 1.55. The third-order valence-corrected chi connectivity index (χ3v) is 3.20. The maximum Gasteiger partial charge on any atom is -0.0253 e. The second-order valence-electron chi connectivity index (χ2n) is 5.40. The Balaban J connectivity index is 0.000000223. The molecule has 0 saturated carbocycles. The molecular weight excluding hydrogens is 379 g/mol. The quantitative estimate of drug-likeness (QED) is 0.509. The Morgan fingerprint density at radius 2 is 1.74 bits per heavy atom. The van der Waals surface area contributed by atoms with E-state index in [1.807, 2.05) is 18.2 Å². The predicted molar refractivity (Wildman–Crippen MR) is 91.4 cm³/mol. The van der Waals surface area contributed by atoms with Crippen LogP contribution in [0.25, 0.3) is 11.1 Å². The van der Waals surface area contributed by atoms with Gasteiger partial charge < -0.3 is 12.4 Å². The van der Waals surface area contributed by atoms with E-state index >= 15 is 0 Å². The topological polar surface area (TPSA) is 0 Å². The summed E-state index contributed by atoms with van der Waals surface area (Å²) in [6.45, 7) is 4.25. The van der Waals surface area contributed by atoms with Crippen LogP contribution >= 0.6 is 0 Å². The van der Waals surface area contributed by atoms with Crippen LogP contribution in [0.5, 0.6) is 0 Å². The van der Waals surface area contributed by atoms with E-state index in [0.717, 1.165) is 12.8 Å². The molecule has 0 amide bonds. The van der Waals surface area contributed by atoms with Gasteiger partial charge in [0, 0.05) is 0 Å². The van der Waals surface area contributed by atoms with Crippen molar-refractivity contribution in [3.63, 3.8) is 0 Å². The first-order chi connectivity index (χ1) is 10.7. The van der Waals surface area contributed by atoms with Crippen LogP contribution in [0.1, 0.15) is 31.4 Å². The van der Waals surface area contributed by atoms with Crippen LogP contribution in [0, 0.1) is 12.1 Å². The molecule has 2 aliphatic carbocycles. The first-order valence-corrected chi connectivity index (χ1v) is 8.72. The third kappa shape index (κ3) is 6.54. The Morgan fingerprint density at radius 3 is 2.35 bits per heavy atom. The maximum absolute atomic E-state index is 3.30. The zero-order chi connectivity index (χ0) is 15.8. The minimum absolute atomic E-state index is 0. The third-order valence-electron chi connectivity index (χ3n) is 3.20. The summed E-state index contributed by atoms with van der Waals surface area (Å²) in [5.74, 6) is 0. The zero-order valence-corrected chi connectivity index (χ0v) is 16.8. The van der Waals surface area contributed by atoms with Crippen molar-refractivity contribution in [3.8, 4) is 11.1 Å². The van der Waals surface area contributed by atoms with Crippen molar-refractivity contribution >= 4 is 3.21 Å². The molecule has 0 unspecified atom stereocenters. The van der Waals surface area contributed by atoms with Crippen molar-refractivity contribution < 1.29 is 36.6 Å². The zero-order valence-electron chi connectivity index (χ0n) is 13.6. The van der Waals surface area contributed by atoms with Gasteiger partial charge in [-0.05, 0) is 6.42 Å². The smallest absolute Gasteiger partial charge is 0.0253 e. The van der Waals surface area contributed by atoms with Gasteiger partial charge in [-0.25, -0.2) is 12.2 Å². The molecule has 2 heteroatoms. The van der Waals surface area contributed by atoms with E-state index in [2.05, 4.69) is 68.5 Å². The van der Waals surface area contributed by atoms with Crippen LogP contribution in [-0.4, -0.2) is 3.21 Å². The van der Waals surface area contributed by atoms with Crippen LogP contribution in [0.3, 0.4) is 0 Å². The monoisotopic (exact) mass is 397 g/mol. The van der Waals surface area contributed by atoms with Gasteiger partial charge in [0.1, 0.15) is 0 Å². The minimum Gasteiger partial charge on any atom is -1.00 e. The van der Waals surface area contributed by atoms with Crippen molar-refractivity contribution in [2.45, 2.75) is 26.7 Å². The van der Waals surface area contributed by atoms with Crippen molar-refractivity contribution in [2.75, 3.05) is 0 Å². The Hall–Kier alpha value is -1.04. The van der Waals surface area contributed by atoms with E-state index in [-0.39, 0.29) is 12.4 Å². The number of halogens is 1. The number of hydrogen-bond donors (Lipinski definition) is 0. The van der Waals surface area contributed by atoms with Gasteiger partial charge >= 0.3 is 41.3 Å². The Morgan fingerprint density at radius 1 is 1.04 bits per heavy atom. The molecule has 4 rings (SSSR count). The van der Waals surface area contributed by atoms with Gasteiger partial charge in [-0.1, -0.05) is 35.4 Å². The van der Waals surface area contributed by atoms with Crippen molar-refractivity contribution in [3.05, 3.63) is 84.0 Å². The largest absolute Gasteiger partial charge is 1.00 e. The molecule has 0 aromatic heterocycles. The van der Waals surface area contributed by atoms with Gasteiger partial charge in [-0.3, -0.25) is 6.08 Å². The number of fused-ring (bicyclic) bond motifs is 3. The first kappa shape index (κ1) is 20.0. The SMILES string of the molecule is C[C](C)=[Zr].[C-]1=CC=CC1.[Cl-].[c-]1cccc2c1Cc1ccccc1-2. The molecule has 0 heterocycles. The first-order valence-electron chi connectivity index (χ1n) is 7.50. The molecule has 0 bridgehead atoms. The van der Waals surface area contributed by atoms with Crippen LogP contribution in [0.15, 0.2) is 60.7 Å². The molecule has 2 aliphatic rings. The maximum atomic E-state index is 3.30. The van der Waals surface area contributed by atoms with E-state index < -0.39 is 0 Å². The fraction of sp³-hybridized carbons (Fsp3) is 0.190. The van der Waals surface area contributed by atoms with Gasteiger partial charge in [-0.2, -0.15) is 35.9 Å². The molecule has 23 heavy (non-hydrogen) atoms. The van der Waals surface area contributed by atoms with Crippen molar-refractivity contribution in [1.82, 2.24) is 0 Å². The predicted octanol–water partition coefficient (Wildman–Crippen LogP) is 2.11. The van der Waals surface area contributed by atoms with Crippen molar-refractivity contribution in [1.29, 1.82) is 0 Å². The van der Waals surface area contributed by atoms with Crippen LogP contribution in [-0.2, 0) is 30.7 Å². The molecule has 2 aromatic carbocycles. The Kier molecular flexibility index (Phi) is 9.29. The summed E-state index contributed by atoms with van der Waals surface area (Å²) < 4.78 is 1.51. The van der Waals surface area contributed by atoms with Gasteiger partial charge in [0.05, 0.1) is 0 Å². The minimum atomic E-state index is 0. The van der Waals surface area contributed by atoms with Crippen LogP contribution in [0.2, 0.25) is 0 Å². The molecule has 0 fully saturated rings. The van der Waals surface area contributed by atoms with Crippen molar-refractivity contribution in [2.24, 2.45) is 0 Å². The van der Waals surface area contributed by atoms with Gasteiger partial charge in [-0.15, -0.1) is 12.0 Å². The number of hydrogen-bond acceptors (Lipinski definition) is 0. The molecule has 0 N–H and O–H groups in total. The van der Waals surface area contributed by atoms with E-state index in [9.17, 15) is 0 Å². The average Bonchev–Trinajstić information content (AvgIpc) is 3.18. The summed E-state index contributed by atoms with van der Waals surface area (Å²) in [7, 11) is 0. The summed E-state index contributed by atoms with van der Waals surface area (Å²) in [5, 5.41) is 0. The molecule has 2 aromatic rings. The van der Waals surface area contributed by atoms with Crippen LogP contribution < -0.4 is 12.4 Å². The molecule has 0 aliphatic heterocycles. The van der Waals surface area contributed by atoms with Gasteiger partial charge in [0.15, 0.2) is 0 Å². The molecule has 0 radical (unpaired) electrons. The van der Waals surface area contributed by atoms with E-state index in [0.29, 0.717) is 0 Å². The number of benzene rings is 2. The summed E-state index contributed by atoms with van der Waals surface area (Å²) in [5.41, 5.74) is 5.51. The summed E-state index contributed by atoms with van der Waals surface area (Å²) in [4.78, 5) is 0. The van der Waals surface area contributed by atoms with E-state index in [1.165, 1.54) is 25.5 Å². The fourth-order valence-corrected chi connectivity index (χ4v) is 2.34. The average molecular weight is 399 g/mol. The fourth-order valence-electron chi connectivity index (χ4n) is 2.34. The molecule has 0 nitrogen and oxygen atoms in total. The summed E-state index contributed by atoms with van der Waals surface area (Å²) in [6.07, 6.45) is 11.0. The summed E-state index contributed by atoms with van der Waals surface area (Å²) in [6, 6.07) is 18.1. The molecule has 0 saturated heterocycles. The van der Waals surface area contributed by atoms with E-state index in [4.69, 9.17) is 0 Å². The molecule has 0 atom stereocenters. The van der Waals surface area contributed by atoms with Gasteiger partial charge in [0.25, 0.3) is 0 Å². The second kappa shape index (κ2) is 10.7. The van der Waals surface area contributed by atoms with Gasteiger partial charge in [0.2, 0.25) is 0 Å². The molecule has 0 spiro atoms.